The highest BCUT2D eigenvalue weighted by atomic mass is 32.2. The third-order valence-corrected chi connectivity index (χ3v) is 6.25. The molecule has 1 fully saturated rings. The highest BCUT2D eigenvalue weighted by Gasteiger charge is 2.24. The number of aryl methyl sites for hydroxylation is 2. The Morgan fingerprint density at radius 2 is 1.67 bits per heavy atom. The Balaban J connectivity index is 1.58. The van der Waals surface area contributed by atoms with Gasteiger partial charge in [0.15, 0.2) is 5.17 Å². The molecule has 1 N–H and O–H groups in total. The lowest BCUT2D eigenvalue weighted by molar-refractivity contribution is -0.115. The van der Waals surface area contributed by atoms with Crippen molar-refractivity contribution in [1.82, 2.24) is 5.32 Å². The molecular formula is C22H18N2OS2. The number of nitrogens with zero attached hydrogens (tertiary/aromatic N) is 1. The second-order valence-electron chi connectivity index (χ2n) is 6.29. The number of aliphatic imine (C=N–C) groups is 1. The number of hydrogen-bond donors (Lipinski definition) is 1. The van der Waals surface area contributed by atoms with Gasteiger partial charge in [0.05, 0.1) is 10.6 Å². The average molecular weight is 391 g/mol. The van der Waals surface area contributed by atoms with Gasteiger partial charge in [-0.05, 0) is 60.5 Å². The maximum absolute atomic E-state index is 12.3. The fourth-order valence-corrected chi connectivity index (χ4v) is 4.73. The first-order chi connectivity index (χ1) is 13.1. The third kappa shape index (κ3) is 3.89. The number of rotatable bonds is 3. The summed E-state index contributed by atoms with van der Waals surface area (Å²) in [5.41, 5.74) is 4.30. The van der Waals surface area contributed by atoms with Crippen LogP contribution >= 0.6 is 23.1 Å². The summed E-state index contributed by atoms with van der Waals surface area (Å²) < 4.78 is 0. The van der Waals surface area contributed by atoms with Crippen LogP contribution in [0.25, 0.3) is 16.5 Å². The molecule has 0 radical (unpaired) electrons. The molecule has 3 nitrogen and oxygen atoms in total. The van der Waals surface area contributed by atoms with Crippen LogP contribution in [-0.2, 0) is 4.79 Å². The summed E-state index contributed by atoms with van der Waals surface area (Å²) in [6, 6.07) is 20.5. The first-order valence-corrected chi connectivity index (χ1v) is 10.2. The van der Waals surface area contributed by atoms with Crippen LogP contribution in [0.5, 0.6) is 0 Å². The molecule has 0 aliphatic carbocycles. The molecule has 0 unspecified atom stereocenters. The summed E-state index contributed by atoms with van der Waals surface area (Å²) in [5, 5.41) is 3.50. The molecule has 2 heterocycles. The van der Waals surface area contributed by atoms with Crippen molar-refractivity contribution in [1.29, 1.82) is 0 Å². The van der Waals surface area contributed by atoms with Gasteiger partial charge in [-0.1, -0.05) is 48.5 Å². The minimum absolute atomic E-state index is 0.0975. The molecule has 1 aromatic heterocycles. The molecule has 0 spiro atoms. The van der Waals surface area contributed by atoms with E-state index >= 15 is 0 Å². The molecule has 1 amide bonds. The average Bonchev–Trinajstić information content (AvgIpc) is 3.26. The fraction of sp³-hybridized carbons (Fsp3) is 0.0909. The molecular weight excluding hydrogens is 372 g/mol. The van der Waals surface area contributed by atoms with Crippen LogP contribution in [0.2, 0.25) is 0 Å². The van der Waals surface area contributed by atoms with Crippen LogP contribution in [0.1, 0.15) is 16.0 Å². The molecule has 134 valence electrons. The van der Waals surface area contributed by atoms with E-state index in [0.29, 0.717) is 10.1 Å². The molecule has 3 aromatic rings. The standard InChI is InChI=1S/C22H18N2OS2/c1-14-7-6-8-15(2)20(14)23-22-24-21(25)19(27-22)13-17-11-12-18(26-17)16-9-4-3-5-10-16/h3-13H,1-2H3,(H,23,24,25)/b19-13+. The van der Waals surface area contributed by atoms with Gasteiger partial charge in [0.1, 0.15) is 0 Å². The van der Waals surface area contributed by atoms with E-state index in [1.54, 1.807) is 11.3 Å². The number of nitrogens with one attached hydrogen (secondary N) is 1. The number of thioether (sulfide) groups is 1. The predicted octanol–water partition coefficient (Wildman–Crippen LogP) is 5.92. The van der Waals surface area contributed by atoms with E-state index in [1.165, 1.54) is 22.2 Å². The normalized spacial score (nSPS) is 16.9. The van der Waals surface area contributed by atoms with E-state index in [2.05, 4.69) is 34.6 Å². The van der Waals surface area contributed by atoms with Crippen molar-refractivity contribution in [3.63, 3.8) is 0 Å². The Morgan fingerprint density at radius 1 is 0.926 bits per heavy atom. The molecule has 1 aliphatic rings. The maximum atomic E-state index is 12.3. The zero-order valence-electron chi connectivity index (χ0n) is 15.0. The summed E-state index contributed by atoms with van der Waals surface area (Å²) in [7, 11) is 0. The number of hydrogen-bond acceptors (Lipinski definition) is 4. The number of thiophene rings is 1. The number of carbonyl (C=O) groups excluding carboxylic acids is 1. The molecule has 0 saturated carbocycles. The van der Waals surface area contributed by atoms with Gasteiger partial charge in [0, 0.05) is 9.75 Å². The van der Waals surface area contributed by atoms with Crippen LogP contribution in [0, 0.1) is 13.8 Å². The van der Waals surface area contributed by atoms with Gasteiger partial charge in [-0.15, -0.1) is 11.3 Å². The first kappa shape index (κ1) is 17.8. The monoisotopic (exact) mass is 390 g/mol. The van der Waals surface area contributed by atoms with Crippen molar-refractivity contribution in [3.8, 4) is 10.4 Å². The Kier molecular flexibility index (Phi) is 4.97. The van der Waals surface area contributed by atoms with E-state index in [-0.39, 0.29) is 5.91 Å². The van der Waals surface area contributed by atoms with Gasteiger partial charge in [0.25, 0.3) is 5.91 Å². The highest BCUT2D eigenvalue weighted by Crippen LogP contribution is 2.34. The van der Waals surface area contributed by atoms with Gasteiger partial charge in [-0.2, -0.15) is 0 Å². The molecule has 27 heavy (non-hydrogen) atoms. The summed E-state index contributed by atoms with van der Waals surface area (Å²) in [6.45, 7) is 4.06. The zero-order chi connectivity index (χ0) is 18.8. The quantitative estimate of drug-likeness (QED) is 0.564. The van der Waals surface area contributed by atoms with Crippen molar-refractivity contribution in [3.05, 3.63) is 81.6 Å². The largest absolute Gasteiger partial charge is 0.300 e. The summed E-state index contributed by atoms with van der Waals surface area (Å²) in [4.78, 5) is 19.9. The molecule has 4 rings (SSSR count). The van der Waals surface area contributed by atoms with Crippen molar-refractivity contribution in [2.75, 3.05) is 0 Å². The zero-order valence-corrected chi connectivity index (χ0v) is 16.7. The van der Waals surface area contributed by atoms with Crippen LogP contribution in [0.4, 0.5) is 5.69 Å². The molecule has 5 heteroatoms. The first-order valence-electron chi connectivity index (χ1n) is 8.61. The van der Waals surface area contributed by atoms with Crippen LogP contribution < -0.4 is 5.32 Å². The van der Waals surface area contributed by atoms with E-state index < -0.39 is 0 Å². The molecule has 0 atom stereocenters. The number of para-hydroxylation sites is 1. The topological polar surface area (TPSA) is 41.5 Å². The van der Waals surface area contributed by atoms with E-state index in [0.717, 1.165) is 21.7 Å². The van der Waals surface area contributed by atoms with E-state index in [9.17, 15) is 4.79 Å². The lowest BCUT2D eigenvalue weighted by Gasteiger charge is -2.04. The number of amides is 1. The Labute approximate surface area is 166 Å². The van der Waals surface area contributed by atoms with Gasteiger partial charge >= 0.3 is 0 Å². The lowest BCUT2D eigenvalue weighted by Crippen LogP contribution is -2.19. The third-order valence-electron chi connectivity index (χ3n) is 4.26. The Morgan fingerprint density at radius 3 is 2.41 bits per heavy atom. The van der Waals surface area contributed by atoms with E-state index in [4.69, 9.17) is 0 Å². The highest BCUT2D eigenvalue weighted by molar-refractivity contribution is 8.18. The van der Waals surface area contributed by atoms with Crippen molar-refractivity contribution in [2.45, 2.75) is 13.8 Å². The predicted molar refractivity (Wildman–Crippen MR) is 116 cm³/mol. The number of benzene rings is 2. The minimum atomic E-state index is -0.0975. The van der Waals surface area contributed by atoms with Gasteiger partial charge < -0.3 is 5.32 Å². The smallest absolute Gasteiger partial charge is 0.264 e. The number of amidine groups is 1. The van der Waals surface area contributed by atoms with Crippen molar-refractivity contribution >= 4 is 45.9 Å². The van der Waals surface area contributed by atoms with Crippen LogP contribution in [0.3, 0.4) is 0 Å². The second kappa shape index (κ2) is 7.55. The molecule has 1 saturated heterocycles. The maximum Gasteiger partial charge on any atom is 0.264 e. The van der Waals surface area contributed by atoms with Gasteiger partial charge in [-0.25, -0.2) is 4.99 Å². The van der Waals surface area contributed by atoms with Crippen LogP contribution in [0.15, 0.2) is 70.6 Å². The van der Waals surface area contributed by atoms with E-state index in [1.807, 2.05) is 56.3 Å². The minimum Gasteiger partial charge on any atom is -0.300 e. The molecule has 1 aliphatic heterocycles. The SMILES string of the molecule is Cc1cccc(C)c1N=C1NC(=O)/C(=C\c2ccc(-c3ccccc3)s2)S1. The lowest BCUT2D eigenvalue weighted by atomic mass is 10.1. The van der Waals surface area contributed by atoms with Crippen molar-refractivity contribution < 1.29 is 4.79 Å². The summed E-state index contributed by atoms with van der Waals surface area (Å²) in [6.07, 6.45) is 1.93. The van der Waals surface area contributed by atoms with Crippen molar-refractivity contribution in [2.24, 2.45) is 4.99 Å². The fourth-order valence-electron chi connectivity index (χ4n) is 2.88. The second-order valence-corrected chi connectivity index (χ2v) is 8.44. The number of carbonyl (C=O) groups is 1. The Hall–Kier alpha value is -2.63. The van der Waals surface area contributed by atoms with Gasteiger partial charge in [-0.3, -0.25) is 4.79 Å². The molecule has 0 bridgehead atoms. The van der Waals surface area contributed by atoms with Crippen LogP contribution in [-0.4, -0.2) is 11.1 Å². The Bertz CT molecular complexity index is 1040. The van der Waals surface area contributed by atoms with Gasteiger partial charge in [0.2, 0.25) is 0 Å². The summed E-state index contributed by atoms with van der Waals surface area (Å²) in [5.74, 6) is -0.0975. The summed E-state index contributed by atoms with van der Waals surface area (Å²) >= 11 is 3.06. The molecule has 2 aromatic carbocycles.